The number of carbonyl (C=O) groups excluding carboxylic acids is 4. The first-order valence-corrected chi connectivity index (χ1v) is 22.3. The van der Waals surface area contributed by atoms with Gasteiger partial charge >= 0.3 is 0 Å². The van der Waals surface area contributed by atoms with Crippen LogP contribution in [0.3, 0.4) is 0 Å². The number of azo groups is 1. The van der Waals surface area contributed by atoms with Crippen molar-refractivity contribution in [1.29, 1.82) is 0 Å². The number of phenols is 1. The summed E-state index contributed by atoms with van der Waals surface area (Å²) < 4.78 is 20.2. The van der Waals surface area contributed by atoms with Crippen LogP contribution in [0.4, 0.5) is 32.8 Å². The molecule has 2 aliphatic carbocycles. The third-order valence-electron chi connectivity index (χ3n) is 13.6. The smallest absolute Gasteiger partial charge is 0.260 e. The van der Waals surface area contributed by atoms with E-state index in [1.807, 2.05) is 79.7 Å². The topological polar surface area (TPSA) is 144 Å². The van der Waals surface area contributed by atoms with Crippen molar-refractivity contribution in [3.63, 3.8) is 0 Å². The number of amides is 4. The number of ether oxygens (including phenoxy) is 1. The van der Waals surface area contributed by atoms with Gasteiger partial charge in [0.2, 0.25) is 11.8 Å². The molecule has 336 valence electrons. The molecule has 4 amide bonds. The highest BCUT2D eigenvalue weighted by atomic mass is 35.5. The fourth-order valence-electron chi connectivity index (χ4n) is 10.5. The van der Waals surface area contributed by atoms with Crippen LogP contribution >= 0.6 is 11.6 Å². The number of hydrazine groups is 1. The lowest BCUT2D eigenvalue weighted by Crippen LogP contribution is -2.53. The van der Waals surface area contributed by atoms with Gasteiger partial charge in [0.15, 0.2) is 0 Å². The molecule has 2 aliphatic heterocycles. The number of imide groups is 2. The van der Waals surface area contributed by atoms with Crippen LogP contribution < -0.4 is 20.0 Å². The van der Waals surface area contributed by atoms with Crippen molar-refractivity contribution >= 4 is 63.7 Å². The van der Waals surface area contributed by atoms with E-state index < -0.39 is 58.5 Å². The molecular weight excluding hydrogens is 871 g/mol. The number of nitrogens with one attached hydrogen (secondary N) is 1. The van der Waals surface area contributed by atoms with Crippen LogP contribution in [0.5, 0.6) is 11.5 Å². The Morgan fingerprint density at radius 1 is 0.791 bits per heavy atom. The van der Waals surface area contributed by atoms with Gasteiger partial charge in [-0.05, 0) is 121 Å². The summed E-state index contributed by atoms with van der Waals surface area (Å²) in [5, 5.41) is 22.2. The number of rotatable bonds is 11. The number of carbonyl (C=O) groups is 4. The highest BCUT2D eigenvalue weighted by molar-refractivity contribution is 6.30. The van der Waals surface area contributed by atoms with Gasteiger partial charge in [-0.15, -0.1) is 0 Å². The summed E-state index contributed by atoms with van der Waals surface area (Å²) in [7, 11) is 3.91. The molecule has 12 nitrogen and oxygen atoms in total. The van der Waals surface area contributed by atoms with Crippen LogP contribution in [0, 0.1) is 29.5 Å². The predicted octanol–water partition coefficient (Wildman–Crippen LogP) is 10.4. The number of nitrogens with zero attached hydrogens (tertiary/aromatic N) is 5. The molecule has 4 aliphatic rings. The number of anilines is 3. The predicted molar refractivity (Wildman–Crippen MR) is 252 cm³/mol. The minimum absolute atomic E-state index is 0.0268. The average molecular weight is 915 g/mol. The van der Waals surface area contributed by atoms with Crippen molar-refractivity contribution in [2.45, 2.75) is 30.8 Å². The Morgan fingerprint density at radius 3 is 2.12 bits per heavy atom. The van der Waals surface area contributed by atoms with Gasteiger partial charge in [0.25, 0.3) is 11.8 Å². The van der Waals surface area contributed by atoms with Gasteiger partial charge in [0, 0.05) is 42.4 Å². The van der Waals surface area contributed by atoms with E-state index in [9.17, 15) is 19.1 Å². The van der Waals surface area contributed by atoms with E-state index in [1.54, 1.807) is 60.7 Å². The minimum atomic E-state index is -1.68. The summed E-state index contributed by atoms with van der Waals surface area (Å²) in [6.07, 6.45) is 2.12. The molecule has 14 heteroatoms. The molecule has 0 aromatic heterocycles. The van der Waals surface area contributed by atoms with Gasteiger partial charge in [-0.25, -0.2) is 4.39 Å². The third kappa shape index (κ3) is 7.58. The third-order valence-corrected chi connectivity index (χ3v) is 13.8. The molecule has 0 radical (unpaired) electrons. The van der Waals surface area contributed by atoms with Gasteiger partial charge in [0.05, 0.1) is 45.9 Å². The highest BCUT2D eigenvalue weighted by Crippen LogP contribution is 2.65. The maximum Gasteiger partial charge on any atom is 0.260 e. The SMILES string of the molecule is CN(C)c1ccc(N=Nc2ccc(N3C(=O)[C@H]4[C@H](CC=C5[C@H]4C[C@H]4C(=O)N(Nc6ccc(F)cc6)C(=O)[C@@]4(c4ccc(Cl)cc4)[C@H]5c4ccc(OCc5ccccc5)cc4O)C3=O)cc2)cc1. The van der Waals surface area contributed by atoms with Crippen LogP contribution in [0.25, 0.3) is 0 Å². The van der Waals surface area contributed by atoms with Crippen LogP contribution in [0.2, 0.25) is 5.02 Å². The molecule has 67 heavy (non-hydrogen) atoms. The Bertz CT molecular complexity index is 2970. The Balaban J connectivity index is 1.04. The summed E-state index contributed by atoms with van der Waals surface area (Å²) in [5.41, 5.74) is 6.52. The molecule has 6 aromatic carbocycles. The van der Waals surface area contributed by atoms with Crippen LogP contribution in [-0.4, -0.2) is 47.8 Å². The van der Waals surface area contributed by atoms with E-state index in [0.29, 0.717) is 50.2 Å². The van der Waals surface area contributed by atoms with Crippen molar-refractivity contribution in [2.24, 2.45) is 33.9 Å². The van der Waals surface area contributed by atoms with E-state index in [2.05, 4.69) is 15.7 Å². The van der Waals surface area contributed by atoms with Crippen LogP contribution in [0.1, 0.15) is 35.4 Å². The number of hydrogen-bond acceptors (Lipinski definition) is 10. The normalized spacial score (nSPS) is 23.2. The maximum atomic E-state index is 15.6. The largest absolute Gasteiger partial charge is 0.508 e. The minimum Gasteiger partial charge on any atom is -0.508 e. The number of halogens is 2. The van der Waals surface area contributed by atoms with Gasteiger partial charge < -0.3 is 14.7 Å². The number of fused-ring (bicyclic) bond motifs is 4. The van der Waals surface area contributed by atoms with Crippen molar-refractivity contribution < 1.29 is 33.4 Å². The lowest BCUT2D eigenvalue weighted by atomic mass is 9.49. The Kier molecular flexibility index (Phi) is 11.2. The van der Waals surface area contributed by atoms with E-state index in [1.165, 1.54) is 35.2 Å². The Hall–Kier alpha value is -7.64. The monoisotopic (exact) mass is 914 g/mol. The molecule has 2 saturated heterocycles. The highest BCUT2D eigenvalue weighted by Gasteiger charge is 2.70. The fourth-order valence-corrected chi connectivity index (χ4v) is 10.6. The summed E-state index contributed by atoms with van der Waals surface area (Å²) in [5.74, 6) is -6.75. The molecule has 0 unspecified atom stereocenters. The number of benzene rings is 6. The van der Waals surface area contributed by atoms with Gasteiger partial charge in [-0.1, -0.05) is 71.8 Å². The second-order valence-corrected chi connectivity index (χ2v) is 17.9. The molecule has 0 bridgehead atoms. The molecule has 6 aromatic rings. The lowest BCUT2D eigenvalue weighted by Gasteiger charge is -2.50. The molecule has 2 N–H and O–H groups in total. The van der Waals surface area contributed by atoms with Crippen molar-refractivity contribution in [1.82, 2.24) is 5.01 Å². The first-order chi connectivity index (χ1) is 32.4. The quantitative estimate of drug-likeness (QED) is 0.0743. The van der Waals surface area contributed by atoms with Crippen molar-refractivity contribution in [3.8, 4) is 11.5 Å². The molecule has 3 fully saturated rings. The molecule has 2 heterocycles. The summed E-state index contributed by atoms with van der Waals surface area (Å²) >= 11 is 6.45. The molecule has 6 atom stereocenters. The summed E-state index contributed by atoms with van der Waals surface area (Å²) in [6.45, 7) is 0.234. The molecular formula is C53H44ClFN6O6. The summed E-state index contributed by atoms with van der Waals surface area (Å²) in [4.78, 5) is 63.2. The fraction of sp³-hybridized carbons (Fsp3) is 0.208. The standard InChI is InChI=1S/C53H44ClFN6O6/c1-59(2)38-20-16-35(17-21-38)56-57-36-18-22-39(23-19-36)60-49(63)43-27-26-41-44(47(43)51(60)65)29-45-50(64)61(58-37-14-12-34(55)13-15-37)52(66)53(45,32-8-10-33(54)11-9-32)48(41)42-25-24-40(28-46(42)62)67-30-31-6-4-3-5-7-31/h3-26,28,43-45,47-48,58,62H,27,29-30H2,1-2H3/t43-,44+,45-,47-,48+,53+/m0/s1. The number of allylic oxidation sites excluding steroid dienone is 2. The molecule has 0 spiro atoms. The second kappa shape index (κ2) is 17.3. The molecule has 1 saturated carbocycles. The van der Waals surface area contributed by atoms with Crippen LogP contribution in [-0.2, 0) is 31.2 Å². The number of phenolic OH excluding ortho intramolecular Hbond substituents is 1. The van der Waals surface area contributed by atoms with E-state index in [4.69, 9.17) is 16.3 Å². The van der Waals surface area contributed by atoms with Gasteiger partial charge in [-0.2, -0.15) is 15.2 Å². The van der Waals surface area contributed by atoms with E-state index >= 15 is 9.59 Å². The Labute approximate surface area is 390 Å². The maximum absolute atomic E-state index is 15.6. The zero-order valence-electron chi connectivity index (χ0n) is 36.4. The van der Waals surface area contributed by atoms with Gasteiger partial charge in [-0.3, -0.25) is 29.5 Å². The Morgan fingerprint density at radius 2 is 1.46 bits per heavy atom. The first-order valence-electron chi connectivity index (χ1n) is 22.0. The van der Waals surface area contributed by atoms with Crippen molar-refractivity contribution in [3.05, 3.63) is 185 Å². The molecule has 10 rings (SSSR count). The zero-order chi connectivity index (χ0) is 46.6. The average Bonchev–Trinajstić information content (AvgIpc) is 3.72. The lowest BCUT2D eigenvalue weighted by molar-refractivity contribution is -0.138. The van der Waals surface area contributed by atoms with E-state index in [-0.39, 0.29) is 31.1 Å². The zero-order valence-corrected chi connectivity index (χ0v) is 37.2. The number of aromatic hydroxyl groups is 1. The number of hydrogen-bond donors (Lipinski definition) is 2. The second-order valence-electron chi connectivity index (χ2n) is 17.5. The van der Waals surface area contributed by atoms with Crippen LogP contribution in [0.15, 0.2) is 167 Å². The first kappa shape index (κ1) is 43.3. The van der Waals surface area contributed by atoms with Crippen molar-refractivity contribution in [2.75, 3.05) is 29.3 Å². The van der Waals surface area contributed by atoms with E-state index in [0.717, 1.165) is 16.3 Å². The van der Waals surface area contributed by atoms with Gasteiger partial charge in [0.1, 0.15) is 23.9 Å². The summed E-state index contributed by atoms with van der Waals surface area (Å²) in [6, 6.07) is 40.8.